The van der Waals surface area contributed by atoms with Crippen LogP contribution in [0.3, 0.4) is 0 Å². The SMILES string of the molecule is O=C(O)CSC(O)CS. The van der Waals surface area contributed by atoms with Gasteiger partial charge in [0.15, 0.2) is 0 Å². The van der Waals surface area contributed by atoms with Gasteiger partial charge >= 0.3 is 5.97 Å². The monoisotopic (exact) mass is 168 g/mol. The normalized spacial score (nSPS) is 13.1. The predicted octanol–water partition coefficient (Wildman–Crippen LogP) is 0.0524. The van der Waals surface area contributed by atoms with Crippen LogP contribution in [0.2, 0.25) is 0 Å². The molecule has 0 radical (unpaired) electrons. The minimum atomic E-state index is -0.916. The van der Waals surface area contributed by atoms with Crippen LogP contribution in [0, 0.1) is 0 Å². The van der Waals surface area contributed by atoms with Crippen LogP contribution < -0.4 is 0 Å². The van der Waals surface area contributed by atoms with E-state index in [0.717, 1.165) is 11.8 Å². The molecule has 9 heavy (non-hydrogen) atoms. The smallest absolute Gasteiger partial charge is 0.313 e. The standard InChI is InChI=1S/C4H8O3S2/c5-3(6)2-9-4(7)1-8/h4,7-8H,1-2H2,(H,5,6). The third-order valence-corrected chi connectivity index (χ3v) is 2.11. The quantitative estimate of drug-likeness (QED) is 0.410. The number of hydrogen-bond donors (Lipinski definition) is 3. The molecule has 2 N–H and O–H groups in total. The summed E-state index contributed by atoms with van der Waals surface area (Å²) in [6.07, 6.45) is 0. The largest absolute Gasteiger partial charge is 0.481 e. The van der Waals surface area contributed by atoms with E-state index >= 15 is 0 Å². The van der Waals surface area contributed by atoms with Crippen LogP contribution in [0.5, 0.6) is 0 Å². The van der Waals surface area contributed by atoms with Gasteiger partial charge in [-0.15, -0.1) is 11.8 Å². The van der Waals surface area contributed by atoms with Gasteiger partial charge in [0.25, 0.3) is 0 Å². The molecule has 5 heteroatoms. The molecule has 0 aromatic heterocycles. The lowest BCUT2D eigenvalue weighted by molar-refractivity contribution is -0.133. The molecule has 0 aromatic carbocycles. The molecule has 0 amide bonds. The third-order valence-electron chi connectivity index (χ3n) is 0.555. The van der Waals surface area contributed by atoms with Crippen LogP contribution in [0.1, 0.15) is 0 Å². The fourth-order valence-electron chi connectivity index (χ4n) is 0.220. The second-order valence-corrected chi connectivity index (χ2v) is 2.87. The Bertz CT molecular complexity index is 95.8. The first kappa shape index (κ1) is 9.13. The van der Waals surface area contributed by atoms with Crippen molar-refractivity contribution < 1.29 is 15.0 Å². The van der Waals surface area contributed by atoms with Crippen LogP contribution >= 0.6 is 24.4 Å². The molecule has 0 aliphatic rings. The second-order valence-electron chi connectivity index (χ2n) is 1.34. The van der Waals surface area contributed by atoms with E-state index in [-0.39, 0.29) is 11.5 Å². The molecule has 3 nitrogen and oxygen atoms in total. The summed E-state index contributed by atoms with van der Waals surface area (Å²) in [7, 11) is 0. The number of carbonyl (C=O) groups is 1. The lowest BCUT2D eigenvalue weighted by Crippen LogP contribution is -2.07. The van der Waals surface area contributed by atoms with Crippen LogP contribution in [-0.4, -0.2) is 33.1 Å². The first-order valence-electron chi connectivity index (χ1n) is 2.29. The molecule has 1 atom stereocenters. The maximum atomic E-state index is 9.86. The molecule has 0 spiro atoms. The Kier molecular flexibility index (Phi) is 5.03. The van der Waals surface area contributed by atoms with Gasteiger partial charge in [0, 0.05) is 5.75 Å². The van der Waals surface area contributed by atoms with Gasteiger partial charge in [0.2, 0.25) is 0 Å². The van der Waals surface area contributed by atoms with E-state index in [1.54, 1.807) is 0 Å². The topological polar surface area (TPSA) is 57.5 Å². The average molecular weight is 168 g/mol. The van der Waals surface area contributed by atoms with Crippen LogP contribution in [-0.2, 0) is 4.79 Å². The van der Waals surface area contributed by atoms with Crippen molar-refractivity contribution in [3.8, 4) is 0 Å². The molecule has 0 saturated carbocycles. The number of carboxylic acids is 1. The summed E-state index contributed by atoms with van der Waals surface area (Å²) < 4.78 is 0. The lowest BCUT2D eigenvalue weighted by Gasteiger charge is -2.02. The molecule has 0 saturated heterocycles. The Labute approximate surface area is 62.9 Å². The highest BCUT2D eigenvalue weighted by Gasteiger charge is 2.03. The number of carboxylic acid groups (broad SMARTS) is 1. The summed E-state index contributed by atoms with van der Waals surface area (Å²) in [5.41, 5.74) is -0.663. The Hall–Kier alpha value is 0.130. The fraction of sp³-hybridized carbons (Fsp3) is 0.750. The number of aliphatic carboxylic acids is 1. The maximum absolute atomic E-state index is 9.86. The third kappa shape index (κ3) is 6.01. The number of thiol groups is 1. The van der Waals surface area contributed by atoms with Gasteiger partial charge in [-0.05, 0) is 0 Å². The van der Waals surface area contributed by atoms with Crippen molar-refractivity contribution in [1.29, 1.82) is 0 Å². The highest BCUT2D eigenvalue weighted by molar-refractivity contribution is 8.01. The molecule has 54 valence electrons. The van der Waals surface area contributed by atoms with E-state index in [1.165, 1.54) is 0 Å². The van der Waals surface area contributed by atoms with E-state index in [2.05, 4.69) is 12.6 Å². The van der Waals surface area contributed by atoms with Gasteiger partial charge in [-0.2, -0.15) is 12.6 Å². The van der Waals surface area contributed by atoms with E-state index in [0.29, 0.717) is 0 Å². The van der Waals surface area contributed by atoms with Gasteiger partial charge in [-0.3, -0.25) is 4.79 Å². The summed E-state index contributed by atoms with van der Waals surface area (Å²) in [5.74, 6) is -0.694. The van der Waals surface area contributed by atoms with Gasteiger partial charge in [-0.25, -0.2) is 0 Å². The predicted molar refractivity (Wildman–Crippen MR) is 40.0 cm³/mol. The zero-order chi connectivity index (χ0) is 7.28. The Balaban J connectivity index is 3.16. The molecular weight excluding hydrogens is 160 g/mol. The van der Waals surface area contributed by atoms with Crippen LogP contribution in [0.15, 0.2) is 0 Å². The first-order valence-corrected chi connectivity index (χ1v) is 3.97. The molecule has 0 bridgehead atoms. The van der Waals surface area contributed by atoms with Crippen LogP contribution in [0.25, 0.3) is 0 Å². The molecule has 0 rings (SSSR count). The molecule has 0 aliphatic heterocycles. The zero-order valence-corrected chi connectivity index (χ0v) is 6.36. The van der Waals surface area contributed by atoms with E-state index in [4.69, 9.17) is 10.2 Å². The highest BCUT2D eigenvalue weighted by atomic mass is 32.2. The average Bonchev–Trinajstić information content (AvgIpc) is 1.83. The lowest BCUT2D eigenvalue weighted by atomic mass is 10.8. The first-order chi connectivity index (χ1) is 4.16. The van der Waals surface area contributed by atoms with Gasteiger partial charge in [0.05, 0.1) is 5.75 Å². The number of rotatable bonds is 4. The van der Waals surface area contributed by atoms with Crippen molar-refractivity contribution in [2.75, 3.05) is 11.5 Å². The Morgan fingerprint density at radius 3 is 2.67 bits per heavy atom. The van der Waals surface area contributed by atoms with Crippen molar-refractivity contribution in [1.82, 2.24) is 0 Å². The molecule has 1 unspecified atom stereocenters. The highest BCUT2D eigenvalue weighted by Crippen LogP contribution is 2.07. The number of hydrogen-bond acceptors (Lipinski definition) is 4. The fourth-order valence-corrected chi connectivity index (χ4v) is 0.977. The molecule has 0 aromatic rings. The van der Waals surface area contributed by atoms with Gasteiger partial charge < -0.3 is 10.2 Å². The number of aliphatic hydroxyl groups is 1. The van der Waals surface area contributed by atoms with E-state index in [1.807, 2.05) is 0 Å². The molecule has 0 heterocycles. The van der Waals surface area contributed by atoms with Crippen molar-refractivity contribution in [3.63, 3.8) is 0 Å². The molecular formula is C4H8O3S2. The summed E-state index contributed by atoms with van der Waals surface area (Å²) in [5, 5.41) is 16.8. The van der Waals surface area contributed by atoms with Crippen molar-refractivity contribution in [2.24, 2.45) is 0 Å². The van der Waals surface area contributed by atoms with E-state index in [9.17, 15) is 4.79 Å². The second kappa shape index (κ2) is 4.96. The van der Waals surface area contributed by atoms with Crippen LogP contribution in [0.4, 0.5) is 0 Å². The van der Waals surface area contributed by atoms with Gasteiger partial charge in [-0.1, -0.05) is 0 Å². The minimum absolute atomic E-state index is 0.0677. The summed E-state index contributed by atoms with van der Waals surface area (Å²) in [6.45, 7) is 0. The van der Waals surface area contributed by atoms with Gasteiger partial charge in [0.1, 0.15) is 5.44 Å². The minimum Gasteiger partial charge on any atom is -0.481 e. The zero-order valence-electron chi connectivity index (χ0n) is 4.65. The van der Waals surface area contributed by atoms with Crippen molar-refractivity contribution in [2.45, 2.75) is 5.44 Å². The van der Waals surface area contributed by atoms with Crippen molar-refractivity contribution >= 4 is 30.4 Å². The number of thioether (sulfide) groups is 1. The summed E-state index contributed by atoms with van der Waals surface area (Å²) in [4.78, 5) is 9.86. The Morgan fingerprint density at radius 1 is 1.78 bits per heavy atom. The van der Waals surface area contributed by atoms with E-state index < -0.39 is 11.4 Å². The molecule has 0 aliphatic carbocycles. The Morgan fingerprint density at radius 2 is 2.33 bits per heavy atom. The van der Waals surface area contributed by atoms with Crippen molar-refractivity contribution in [3.05, 3.63) is 0 Å². The summed E-state index contributed by atoms with van der Waals surface area (Å²) >= 11 is 4.72. The maximum Gasteiger partial charge on any atom is 0.313 e. The molecule has 0 fully saturated rings. The number of aliphatic hydroxyl groups excluding tert-OH is 1. The summed E-state index contributed by atoms with van der Waals surface area (Å²) in [6, 6.07) is 0.